The molecule has 2 heterocycles. The van der Waals surface area contributed by atoms with Gasteiger partial charge in [-0.3, -0.25) is 4.90 Å². The molecule has 43 heavy (non-hydrogen) atoms. The largest absolute Gasteiger partial charge is 0.573 e. The molecule has 3 aromatic carbocycles. The predicted molar refractivity (Wildman–Crippen MR) is 166 cm³/mol. The van der Waals surface area contributed by atoms with Crippen LogP contribution < -0.4 is 10.5 Å². The van der Waals surface area contributed by atoms with Crippen LogP contribution in [-0.2, 0) is 25.9 Å². The summed E-state index contributed by atoms with van der Waals surface area (Å²) in [7, 11) is 0. The Morgan fingerprint density at radius 1 is 0.977 bits per heavy atom. The van der Waals surface area contributed by atoms with E-state index >= 15 is 0 Å². The summed E-state index contributed by atoms with van der Waals surface area (Å²) in [6.45, 7) is 8.19. The molecule has 3 N–H and O–H groups in total. The fraction of sp³-hybridized carbons (Fsp3) is 0.429. The number of aromatic nitrogens is 1. The number of nitrogens with zero attached hydrogens (tertiary/aromatic N) is 2. The van der Waals surface area contributed by atoms with Crippen molar-refractivity contribution < 1.29 is 23.0 Å². The van der Waals surface area contributed by atoms with Gasteiger partial charge >= 0.3 is 6.36 Å². The Bertz CT molecular complexity index is 1540. The Morgan fingerprint density at radius 3 is 2.44 bits per heavy atom. The predicted octanol–water partition coefficient (Wildman–Crippen LogP) is 7.24. The molecule has 0 radical (unpaired) electrons. The number of aliphatic hydroxyl groups is 1. The van der Waals surface area contributed by atoms with Gasteiger partial charge in [0.1, 0.15) is 5.75 Å². The van der Waals surface area contributed by atoms with Gasteiger partial charge in [0.25, 0.3) is 0 Å². The van der Waals surface area contributed by atoms with Crippen molar-refractivity contribution in [2.45, 2.75) is 65.4 Å². The number of hydrogen-bond donors (Lipinski definition) is 2. The minimum absolute atomic E-state index is 0.0970. The second-order valence-corrected chi connectivity index (χ2v) is 12.1. The lowest BCUT2D eigenvalue weighted by Gasteiger charge is -2.41. The van der Waals surface area contributed by atoms with Crippen LogP contribution in [0.25, 0.3) is 22.0 Å². The average Bonchev–Trinajstić information content (AvgIpc) is 3.33. The van der Waals surface area contributed by atoms with Crippen molar-refractivity contribution >= 4 is 10.9 Å². The molecule has 230 valence electrons. The number of benzene rings is 3. The Kier molecular flexibility index (Phi) is 9.49. The normalized spacial score (nSPS) is 15.7. The minimum atomic E-state index is -4.73. The van der Waals surface area contributed by atoms with E-state index < -0.39 is 6.36 Å². The van der Waals surface area contributed by atoms with Crippen LogP contribution in [-0.4, -0.2) is 47.2 Å². The summed E-state index contributed by atoms with van der Waals surface area (Å²) in [5.74, 6) is -0.202. The third kappa shape index (κ3) is 7.43. The average molecular weight is 594 g/mol. The summed E-state index contributed by atoms with van der Waals surface area (Å²) in [4.78, 5) is 2.46. The van der Waals surface area contributed by atoms with Gasteiger partial charge in [0, 0.05) is 42.4 Å². The molecule has 1 aliphatic heterocycles. The van der Waals surface area contributed by atoms with Crippen molar-refractivity contribution in [3.63, 3.8) is 0 Å². The molecule has 1 saturated heterocycles. The van der Waals surface area contributed by atoms with Gasteiger partial charge in [0.05, 0.1) is 0 Å². The Hall–Kier alpha value is -3.33. The monoisotopic (exact) mass is 593 g/mol. The highest BCUT2D eigenvalue weighted by molar-refractivity contribution is 5.97. The molecule has 0 aliphatic carbocycles. The van der Waals surface area contributed by atoms with E-state index in [-0.39, 0.29) is 17.8 Å². The fourth-order valence-electron chi connectivity index (χ4n) is 6.52. The molecule has 5 nitrogen and oxygen atoms in total. The first-order chi connectivity index (χ1) is 20.6. The molecule has 0 saturated carbocycles. The van der Waals surface area contributed by atoms with Crippen LogP contribution in [0.15, 0.2) is 66.9 Å². The maximum atomic E-state index is 12.9. The van der Waals surface area contributed by atoms with E-state index in [9.17, 15) is 18.3 Å². The lowest BCUT2D eigenvalue weighted by atomic mass is 9.74. The minimum Gasteiger partial charge on any atom is -0.406 e. The van der Waals surface area contributed by atoms with Gasteiger partial charge in [-0.2, -0.15) is 0 Å². The van der Waals surface area contributed by atoms with Crippen LogP contribution in [0.4, 0.5) is 13.2 Å². The van der Waals surface area contributed by atoms with Crippen LogP contribution in [0.5, 0.6) is 5.75 Å². The Balaban J connectivity index is 1.39. The van der Waals surface area contributed by atoms with Crippen LogP contribution in [0.2, 0.25) is 0 Å². The molecule has 4 aromatic rings. The van der Waals surface area contributed by atoms with E-state index in [0.717, 1.165) is 79.5 Å². The highest BCUT2D eigenvalue weighted by Crippen LogP contribution is 2.38. The summed E-state index contributed by atoms with van der Waals surface area (Å²) in [6, 6.07) is 19.7. The molecule has 0 atom stereocenters. The topological polar surface area (TPSA) is 63.7 Å². The van der Waals surface area contributed by atoms with E-state index in [1.54, 1.807) is 6.07 Å². The number of hydrogen-bond acceptors (Lipinski definition) is 4. The van der Waals surface area contributed by atoms with Crippen molar-refractivity contribution in [1.29, 1.82) is 0 Å². The third-order valence-electron chi connectivity index (χ3n) is 8.85. The summed E-state index contributed by atoms with van der Waals surface area (Å²) in [5.41, 5.74) is 13.2. The van der Waals surface area contributed by atoms with Gasteiger partial charge in [-0.1, -0.05) is 48.9 Å². The van der Waals surface area contributed by atoms with E-state index in [1.807, 2.05) is 6.92 Å². The quantitative estimate of drug-likeness (QED) is 0.192. The highest BCUT2D eigenvalue weighted by Gasteiger charge is 2.34. The van der Waals surface area contributed by atoms with Crippen molar-refractivity contribution in [3.8, 4) is 16.9 Å². The standard InChI is InChI=1S/C35H42F3N3O2/c1-3-28-20-29(43-35(36,37)38)9-10-30(28)32-23-41(15-5-14-39)33-11-8-27(19-31(32)33)22-40-16-12-34(24-42,13-17-40)21-26-7-4-6-25(2)18-26/h4,6-11,18-20,23,42H,3,5,12-17,21-22,24,39H2,1-2H3. The molecule has 0 unspecified atom stereocenters. The molecule has 0 bridgehead atoms. The number of alkyl halides is 3. The van der Waals surface area contributed by atoms with Crippen LogP contribution in [0.1, 0.15) is 48.4 Å². The van der Waals surface area contributed by atoms with Crippen molar-refractivity contribution in [1.82, 2.24) is 9.47 Å². The van der Waals surface area contributed by atoms with Gasteiger partial charge in [-0.25, -0.2) is 0 Å². The van der Waals surface area contributed by atoms with Gasteiger partial charge < -0.3 is 20.1 Å². The van der Waals surface area contributed by atoms with Crippen molar-refractivity contribution in [2.75, 3.05) is 26.2 Å². The Labute approximate surface area is 252 Å². The zero-order chi connectivity index (χ0) is 30.6. The molecule has 1 fully saturated rings. The third-order valence-corrected chi connectivity index (χ3v) is 8.85. The number of aliphatic hydroxyl groups excluding tert-OH is 1. The maximum absolute atomic E-state index is 12.9. The molecule has 1 aliphatic rings. The molecule has 1 aromatic heterocycles. The summed E-state index contributed by atoms with van der Waals surface area (Å²) in [6.07, 6.45) is 1.53. The molecular formula is C35H42F3N3O2. The van der Waals surface area contributed by atoms with Crippen molar-refractivity contribution in [2.24, 2.45) is 11.1 Å². The highest BCUT2D eigenvalue weighted by atomic mass is 19.4. The molecule has 5 rings (SSSR count). The lowest BCUT2D eigenvalue weighted by Crippen LogP contribution is -2.42. The summed E-state index contributed by atoms with van der Waals surface area (Å²) in [5, 5.41) is 11.5. The van der Waals surface area contributed by atoms with E-state index in [1.165, 1.54) is 28.8 Å². The van der Waals surface area contributed by atoms with Gasteiger partial charge in [-0.05, 0) is 111 Å². The van der Waals surface area contributed by atoms with Gasteiger partial charge in [-0.15, -0.1) is 13.2 Å². The zero-order valence-electron chi connectivity index (χ0n) is 25.1. The number of rotatable bonds is 11. The molecule has 8 heteroatoms. The summed E-state index contributed by atoms with van der Waals surface area (Å²) >= 11 is 0. The van der Waals surface area contributed by atoms with Gasteiger partial charge in [0.15, 0.2) is 0 Å². The van der Waals surface area contributed by atoms with Crippen LogP contribution >= 0.6 is 0 Å². The second kappa shape index (κ2) is 13.1. The number of halogens is 3. The second-order valence-electron chi connectivity index (χ2n) is 12.1. The van der Waals surface area contributed by atoms with Crippen LogP contribution in [0.3, 0.4) is 0 Å². The maximum Gasteiger partial charge on any atom is 0.573 e. The van der Waals surface area contributed by atoms with Gasteiger partial charge in [0.2, 0.25) is 0 Å². The SMILES string of the molecule is CCc1cc(OC(F)(F)F)ccc1-c1cn(CCCN)c2ccc(CN3CCC(CO)(Cc4cccc(C)c4)CC3)cc12. The summed E-state index contributed by atoms with van der Waals surface area (Å²) < 4.78 is 45.1. The molecular weight excluding hydrogens is 551 g/mol. The fourth-order valence-corrected chi connectivity index (χ4v) is 6.52. The smallest absolute Gasteiger partial charge is 0.406 e. The first kappa shape index (κ1) is 31.1. The Morgan fingerprint density at radius 2 is 1.77 bits per heavy atom. The van der Waals surface area contributed by atoms with Crippen molar-refractivity contribution in [3.05, 3.63) is 89.1 Å². The number of ether oxygens (including phenoxy) is 1. The first-order valence-corrected chi connectivity index (χ1v) is 15.2. The number of aryl methyl sites for hydroxylation is 3. The molecule has 0 spiro atoms. The van der Waals surface area contributed by atoms with E-state index in [0.29, 0.717) is 13.0 Å². The lowest BCUT2D eigenvalue weighted by molar-refractivity contribution is -0.274. The number of fused-ring (bicyclic) bond motifs is 1. The van der Waals surface area contributed by atoms with Crippen LogP contribution in [0, 0.1) is 12.3 Å². The number of likely N-dealkylation sites (tertiary alicyclic amines) is 1. The number of nitrogens with two attached hydrogens (primary N) is 1. The van der Waals surface area contributed by atoms with E-state index in [4.69, 9.17) is 5.73 Å². The zero-order valence-corrected chi connectivity index (χ0v) is 25.1. The first-order valence-electron chi connectivity index (χ1n) is 15.2. The van der Waals surface area contributed by atoms with E-state index in [2.05, 4.69) is 69.8 Å². The number of piperidine rings is 1. The molecule has 0 amide bonds.